The van der Waals surface area contributed by atoms with Gasteiger partial charge < -0.3 is 31.5 Å². The molecule has 0 fully saturated rings. The van der Waals surface area contributed by atoms with Crippen LogP contribution in [0.2, 0.25) is 0 Å². The lowest BCUT2D eigenvalue weighted by Crippen LogP contribution is -2.43. The maximum atomic E-state index is 11.3. The zero-order valence-corrected chi connectivity index (χ0v) is 12.2. The Kier molecular flexibility index (Phi) is 10.8. The molecule has 0 radical (unpaired) electrons. The van der Waals surface area contributed by atoms with Crippen molar-refractivity contribution in [3.8, 4) is 0 Å². The van der Waals surface area contributed by atoms with Gasteiger partial charge in [0.2, 0.25) is 0 Å². The predicted molar refractivity (Wildman–Crippen MR) is 76.5 cm³/mol. The minimum absolute atomic E-state index is 0.0100. The van der Waals surface area contributed by atoms with Crippen molar-refractivity contribution in [2.24, 2.45) is 0 Å². The molecule has 0 spiro atoms. The van der Waals surface area contributed by atoms with Crippen LogP contribution in [0.1, 0.15) is 25.7 Å². The van der Waals surface area contributed by atoms with Gasteiger partial charge in [0.05, 0.1) is 0 Å². The lowest BCUT2D eigenvalue weighted by atomic mass is 10.3. The van der Waals surface area contributed by atoms with E-state index in [1.165, 1.54) is 0 Å². The number of carboxylic acids is 2. The maximum Gasteiger partial charge on any atom is 0.314 e. The van der Waals surface area contributed by atoms with Gasteiger partial charge in [-0.3, -0.25) is 9.59 Å². The Morgan fingerprint density at radius 2 is 0.909 bits per heavy atom. The summed E-state index contributed by atoms with van der Waals surface area (Å²) >= 11 is 0. The van der Waals surface area contributed by atoms with Gasteiger partial charge in [-0.15, -0.1) is 0 Å². The third kappa shape index (κ3) is 13.9. The molecular formula is C12H22N4O6. The summed E-state index contributed by atoms with van der Waals surface area (Å²) in [5, 5.41) is 26.8. The van der Waals surface area contributed by atoms with E-state index in [2.05, 4.69) is 21.3 Å². The van der Waals surface area contributed by atoms with Crippen LogP contribution in [0.5, 0.6) is 0 Å². The summed E-state index contributed by atoms with van der Waals surface area (Å²) in [5.74, 6) is -1.83. The van der Waals surface area contributed by atoms with E-state index >= 15 is 0 Å². The first-order valence-electron chi connectivity index (χ1n) is 6.89. The highest BCUT2D eigenvalue weighted by Gasteiger charge is 2.02. The van der Waals surface area contributed by atoms with Crippen molar-refractivity contribution in [2.75, 3.05) is 26.2 Å². The van der Waals surface area contributed by atoms with Crippen molar-refractivity contribution in [1.82, 2.24) is 21.3 Å². The number of urea groups is 2. The standard InChI is InChI=1S/C12H22N4O6/c17-9(18)3-1-5-13-11(21)15-7-8-16-12(22)14-6-2-4-10(19)20/h1-8H2,(H,17,18)(H,19,20)(H2,13,15,21)(H2,14,16,22). The van der Waals surface area contributed by atoms with Crippen molar-refractivity contribution in [3.63, 3.8) is 0 Å². The second-order valence-electron chi connectivity index (χ2n) is 4.36. The molecule has 22 heavy (non-hydrogen) atoms. The summed E-state index contributed by atoms with van der Waals surface area (Å²) in [7, 11) is 0. The topological polar surface area (TPSA) is 157 Å². The van der Waals surface area contributed by atoms with E-state index in [1.54, 1.807) is 0 Å². The highest BCUT2D eigenvalue weighted by molar-refractivity contribution is 5.75. The van der Waals surface area contributed by atoms with E-state index < -0.39 is 24.0 Å². The third-order valence-corrected chi connectivity index (χ3v) is 2.40. The number of rotatable bonds is 11. The van der Waals surface area contributed by atoms with Crippen molar-refractivity contribution in [3.05, 3.63) is 0 Å². The monoisotopic (exact) mass is 318 g/mol. The summed E-state index contributed by atoms with van der Waals surface area (Å²) < 4.78 is 0. The van der Waals surface area contributed by atoms with Gasteiger partial charge in [-0.05, 0) is 12.8 Å². The molecule has 126 valence electrons. The molecule has 0 aromatic rings. The first kappa shape index (κ1) is 19.5. The lowest BCUT2D eigenvalue weighted by molar-refractivity contribution is -0.138. The Morgan fingerprint density at radius 1 is 0.591 bits per heavy atom. The Hall–Kier alpha value is -2.52. The molecule has 10 heteroatoms. The van der Waals surface area contributed by atoms with Crippen molar-refractivity contribution in [1.29, 1.82) is 0 Å². The fourth-order valence-corrected chi connectivity index (χ4v) is 1.36. The summed E-state index contributed by atoms with van der Waals surface area (Å²) in [6, 6.07) is -0.872. The molecule has 0 saturated heterocycles. The molecule has 0 aromatic heterocycles. The van der Waals surface area contributed by atoms with Crippen LogP contribution in [0.25, 0.3) is 0 Å². The van der Waals surface area contributed by atoms with Gasteiger partial charge in [0.15, 0.2) is 0 Å². The minimum atomic E-state index is -0.916. The van der Waals surface area contributed by atoms with E-state index in [0.29, 0.717) is 12.8 Å². The number of hydrogen-bond donors (Lipinski definition) is 6. The summed E-state index contributed by atoms with van der Waals surface area (Å²) in [6.07, 6.45) is 0.674. The minimum Gasteiger partial charge on any atom is -0.481 e. The molecular weight excluding hydrogens is 296 g/mol. The van der Waals surface area contributed by atoms with Crippen LogP contribution in [0.15, 0.2) is 0 Å². The van der Waals surface area contributed by atoms with Gasteiger partial charge in [0.1, 0.15) is 0 Å². The summed E-state index contributed by atoms with van der Waals surface area (Å²) in [6.45, 7) is 0.950. The van der Waals surface area contributed by atoms with Crippen LogP contribution in [0.4, 0.5) is 9.59 Å². The molecule has 0 bridgehead atoms. The Labute approximate surface area is 127 Å². The number of carbonyl (C=O) groups is 4. The van der Waals surface area contributed by atoms with Crippen LogP contribution in [-0.2, 0) is 9.59 Å². The number of carbonyl (C=O) groups excluding carboxylic acids is 2. The van der Waals surface area contributed by atoms with E-state index in [-0.39, 0.29) is 39.0 Å². The molecule has 0 aliphatic carbocycles. The molecule has 0 saturated carbocycles. The Morgan fingerprint density at radius 3 is 1.23 bits per heavy atom. The molecule has 10 nitrogen and oxygen atoms in total. The predicted octanol–water partition coefficient (Wildman–Crippen LogP) is -0.686. The number of nitrogens with one attached hydrogen (secondary N) is 4. The van der Waals surface area contributed by atoms with E-state index in [1.807, 2.05) is 0 Å². The van der Waals surface area contributed by atoms with Gasteiger partial charge in [0.25, 0.3) is 0 Å². The molecule has 0 heterocycles. The van der Waals surface area contributed by atoms with Crippen molar-refractivity contribution in [2.45, 2.75) is 25.7 Å². The van der Waals surface area contributed by atoms with Gasteiger partial charge in [-0.25, -0.2) is 9.59 Å². The van der Waals surface area contributed by atoms with Gasteiger partial charge in [-0.2, -0.15) is 0 Å². The average molecular weight is 318 g/mol. The Balaban J connectivity index is 3.43. The molecule has 6 N–H and O–H groups in total. The highest BCUT2D eigenvalue weighted by atomic mass is 16.4. The van der Waals surface area contributed by atoms with Crippen LogP contribution >= 0.6 is 0 Å². The van der Waals surface area contributed by atoms with E-state index in [4.69, 9.17) is 10.2 Å². The van der Waals surface area contributed by atoms with Crippen molar-refractivity contribution >= 4 is 24.0 Å². The van der Waals surface area contributed by atoms with E-state index in [9.17, 15) is 19.2 Å². The third-order valence-electron chi connectivity index (χ3n) is 2.40. The highest BCUT2D eigenvalue weighted by Crippen LogP contribution is 1.86. The number of amides is 4. The first-order valence-corrected chi connectivity index (χ1v) is 6.89. The molecule has 0 aliphatic rings. The number of aliphatic carboxylic acids is 2. The lowest BCUT2D eigenvalue weighted by Gasteiger charge is -2.09. The zero-order valence-electron chi connectivity index (χ0n) is 12.2. The van der Waals surface area contributed by atoms with Crippen LogP contribution in [0.3, 0.4) is 0 Å². The fraction of sp³-hybridized carbons (Fsp3) is 0.667. The molecule has 0 atom stereocenters. The molecule has 0 aromatic carbocycles. The maximum absolute atomic E-state index is 11.3. The number of hydrogen-bond acceptors (Lipinski definition) is 4. The summed E-state index contributed by atoms with van der Waals surface area (Å²) in [5.41, 5.74) is 0. The largest absolute Gasteiger partial charge is 0.481 e. The van der Waals surface area contributed by atoms with Gasteiger partial charge >= 0.3 is 24.0 Å². The van der Waals surface area contributed by atoms with Gasteiger partial charge in [0, 0.05) is 39.0 Å². The molecule has 0 unspecified atom stereocenters. The van der Waals surface area contributed by atoms with Crippen LogP contribution < -0.4 is 21.3 Å². The molecule has 0 rings (SSSR count). The van der Waals surface area contributed by atoms with Crippen LogP contribution in [-0.4, -0.2) is 60.4 Å². The zero-order chi connectivity index (χ0) is 16.8. The smallest absolute Gasteiger partial charge is 0.314 e. The summed E-state index contributed by atoms with van der Waals surface area (Å²) in [4.78, 5) is 43.0. The second kappa shape index (κ2) is 12.2. The SMILES string of the molecule is O=C(O)CCCNC(=O)NCCNC(=O)NCCCC(=O)O. The second-order valence-corrected chi connectivity index (χ2v) is 4.36. The Bertz CT molecular complexity index is 352. The average Bonchev–Trinajstić information content (AvgIpc) is 2.44. The molecule has 0 aliphatic heterocycles. The van der Waals surface area contributed by atoms with Crippen molar-refractivity contribution < 1.29 is 29.4 Å². The van der Waals surface area contributed by atoms with Gasteiger partial charge in [-0.1, -0.05) is 0 Å². The first-order chi connectivity index (χ1) is 10.4. The van der Waals surface area contributed by atoms with E-state index in [0.717, 1.165) is 0 Å². The number of carboxylic acid groups (broad SMARTS) is 2. The quantitative estimate of drug-likeness (QED) is 0.277. The fourth-order valence-electron chi connectivity index (χ4n) is 1.36. The normalized spacial score (nSPS) is 9.64. The van der Waals surface area contributed by atoms with Crippen LogP contribution in [0, 0.1) is 0 Å². The molecule has 4 amide bonds.